The summed E-state index contributed by atoms with van der Waals surface area (Å²) in [7, 11) is 0. The third-order valence-corrected chi connectivity index (χ3v) is 1.89. The van der Waals surface area contributed by atoms with Crippen molar-refractivity contribution in [3.63, 3.8) is 0 Å². The van der Waals surface area contributed by atoms with E-state index in [1.54, 1.807) is 24.4 Å². The molecule has 0 unspecified atom stereocenters. The highest BCUT2D eigenvalue weighted by Gasteiger charge is 2.15. The summed E-state index contributed by atoms with van der Waals surface area (Å²) >= 11 is 0. The number of allylic oxidation sites excluding steroid dienone is 4. The number of ketones is 2. The Balaban J connectivity index is 2.45. The van der Waals surface area contributed by atoms with Gasteiger partial charge in [-0.05, 0) is 30.4 Å². The van der Waals surface area contributed by atoms with E-state index in [1.807, 2.05) is 0 Å². The van der Waals surface area contributed by atoms with Crippen molar-refractivity contribution in [2.45, 2.75) is 0 Å². The van der Waals surface area contributed by atoms with Crippen molar-refractivity contribution in [1.82, 2.24) is 4.98 Å². The first-order chi connectivity index (χ1) is 6.77. The molecule has 0 N–H and O–H groups in total. The maximum Gasteiger partial charge on any atom is 0.188 e. The molecular weight excluding hydrogens is 178 g/mol. The average Bonchev–Trinajstić information content (AvgIpc) is 2.23. The minimum absolute atomic E-state index is 0.176. The molecule has 0 aliphatic heterocycles. The number of hydrogen-bond acceptors (Lipinski definition) is 3. The molecule has 0 saturated heterocycles. The highest BCUT2D eigenvalue weighted by molar-refractivity contribution is 6.33. The monoisotopic (exact) mass is 185 g/mol. The van der Waals surface area contributed by atoms with Gasteiger partial charge in [-0.2, -0.15) is 0 Å². The maximum absolute atomic E-state index is 11.4. The third kappa shape index (κ3) is 1.52. The number of nitrogens with zero attached hydrogens (tertiary/aromatic N) is 1. The molecule has 14 heavy (non-hydrogen) atoms. The van der Waals surface area contributed by atoms with Crippen LogP contribution in [-0.2, 0) is 9.59 Å². The van der Waals surface area contributed by atoms with Crippen LogP contribution in [0.3, 0.4) is 0 Å². The van der Waals surface area contributed by atoms with E-state index in [0.29, 0.717) is 11.3 Å². The molecule has 1 aromatic rings. The van der Waals surface area contributed by atoms with Crippen LogP contribution in [0.25, 0.3) is 5.57 Å². The number of carbonyl (C=O) groups excluding carboxylic acids is 2. The Hall–Kier alpha value is -2.03. The van der Waals surface area contributed by atoms with Gasteiger partial charge in [-0.25, -0.2) is 0 Å². The lowest BCUT2D eigenvalue weighted by molar-refractivity contribution is -0.113. The fraction of sp³-hybridized carbons (Fsp3) is 0. The Morgan fingerprint density at radius 3 is 2.64 bits per heavy atom. The van der Waals surface area contributed by atoms with Gasteiger partial charge >= 0.3 is 0 Å². The summed E-state index contributed by atoms with van der Waals surface area (Å²) in [5, 5.41) is 0. The maximum atomic E-state index is 11.4. The summed E-state index contributed by atoms with van der Waals surface area (Å²) in [6, 6.07) is 5.24. The molecule has 1 aliphatic carbocycles. The normalized spacial score (nSPS) is 15.6. The first-order valence-corrected chi connectivity index (χ1v) is 4.17. The van der Waals surface area contributed by atoms with Crippen LogP contribution >= 0.6 is 0 Å². The number of pyridine rings is 1. The first-order valence-electron chi connectivity index (χ1n) is 4.17. The molecule has 0 spiro atoms. The molecule has 3 nitrogen and oxygen atoms in total. The number of carbonyl (C=O) groups is 2. The lowest BCUT2D eigenvalue weighted by Crippen LogP contribution is -2.07. The minimum Gasteiger partial charge on any atom is -0.290 e. The van der Waals surface area contributed by atoms with Crippen molar-refractivity contribution >= 4 is 17.1 Å². The van der Waals surface area contributed by atoms with Crippen LogP contribution < -0.4 is 0 Å². The number of rotatable bonds is 1. The Labute approximate surface area is 80.8 Å². The lowest BCUT2D eigenvalue weighted by atomic mass is 10.0. The van der Waals surface area contributed by atoms with Crippen molar-refractivity contribution in [2.75, 3.05) is 0 Å². The predicted molar refractivity (Wildman–Crippen MR) is 51.4 cm³/mol. The second-order valence-corrected chi connectivity index (χ2v) is 2.87. The van der Waals surface area contributed by atoms with Gasteiger partial charge < -0.3 is 0 Å². The van der Waals surface area contributed by atoms with Gasteiger partial charge in [0.25, 0.3) is 0 Å². The van der Waals surface area contributed by atoms with Gasteiger partial charge in [-0.1, -0.05) is 6.07 Å². The minimum atomic E-state index is -0.177. The van der Waals surface area contributed by atoms with Crippen molar-refractivity contribution in [3.05, 3.63) is 48.3 Å². The Morgan fingerprint density at radius 2 is 1.93 bits per heavy atom. The zero-order valence-electron chi connectivity index (χ0n) is 7.31. The van der Waals surface area contributed by atoms with Gasteiger partial charge in [0.05, 0.1) is 11.3 Å². The van der Waals surface area contributed by atoms with Crippen LogP contribution in [-0.4, -0.2) is 16.6 Å². The average molecular weight is 185 g/mol. The molecule has 0 fully saturated rings. The van der Waals surface area contributed by atoms with Crippen LogP contribution in [0.1, 0.15) is 5.69 Å². The standard InChI is InChI=1S/C11H7NO2/c13-8-4-5-11(14)9(7-8)10-3-1-2-6-12-10/h1-7H. The van der Waals surface area contributed by atoms with Crippen LogP contribution in [0, 0.1) is 0 Å². The lowest BCUT2D eigenvalue weighted by Gasteiger charge is -2.04. The summed E-state index contributed by atoms with van der Waals surface area (Å²) in [5.74, 6) is -0.353. The van der Waals surface area contributed by atoms with E-state index in [1.165, 1.54) is 18.2 Å². The summed E-state index contributed by atoms with van der Waals surface area (Å²) in [4.78, 5) is 26.5. The fourth-order valence-electron chi connectivity index (χ4n) is 1.23. The van der Waals surface area contributed by atoms with E-state index in [2.05, 4.69) is 4.98 Å². The van der Waals surface area contributed by atoms with Gasteiger partial charge in [-0.3, -0.25) is 14.6 Å². The van der Waals surface area contributed by atoms with Gasteiger partial charge in [0, 0.05) is 6.20 Å². The zero-order valence-corrected chi connectivity index (χ0v) is 7.31. The second-order valence-electron chi connectivity index (χ2n) is 2.87. The van der Waals surface area contributed by atoms with Crippen molar-refractivity contribution in [1.29, 1.82) is 0 Å². The smallest absolute Gasteiger partial charge is 0.188 e. The molecule has 2 rings (SSSR count). The van der Waals surface area contributed by atoms with Crippen LogP contribution in [0.5, 0.6) is 0 Å². The third-order valence-electron chi connectivity index (χ3n) is 1.89. The topological polar surface area (TPSA) is 47.0 Å². The van der Waals surface area contributed by atoms with Crippen molar-refractivity contribution in [2.24, 2.45) is 0 Å². The van der Waals surface area contributed by atoms with E-state index in [-0.39, 0.29) is 11.6 Å². The molecule has 68 valence electrons. The molecule has 0 amide bonds. The first kappa shape index (κ1) is 8.56. The van der Waals surface area contributed by atoms with Gasteiger partial charge in [0.15, 0.2) is 11.6 Å². The van der Waals surface area contributed by atoms with Gasteiger partial charge in [-0.15, -0.1) is 0 Å². The summed E-state index contributed by atoms with van der Waals surface area (Å²) in [6.07, 6.45) is 5.43. The molecule has 0 bridgehead atoms. The van der Waals surface area contributed by atoms with E-state index < -0.39 is 0 Å². The number of hydrogen-bond donors (Lipinski definition) is 0. The SMILES string of the molecule is O=C1C=CC(=O)C(c2ccccn2)=C1. The molecule has 1 aliphatic rings. The van der Waals surface area contributed by atoms with Crippen LogP contribution in [0.4, 0.5) is 0 Å². The molecular formula is C11H7NO2. The summed E-state index contributed by atoms with van der Waals surface area (Å²) in [6.45, 7) is 0. The summed E-state index contributed by atoms with van der Waals surface area (Å²) in [5.41, 5.74) is 0.897. The van der Waals surface area contributed by atoms with E-state index >= 15 is 0 Å². The highest BCUT2D eigenvalue weighted by atomic mass is 16.1. The van der Waals surface area contributed by atoms with Gasteiger partial charge in [0.2, 0.25) is 0 Å². The molecule has 1 aromatic heterocycles. The predicted octanol–water partition coefficient (Wildman–Crippen LogP) is 1.17. The zero-order chi connectivity index (χ0) is 9.97. The molecule has 3 heteroatoms. The van der Waals surface area contributed by atoms with Crippen molar-refractivity contribution < 1.29 is 9.59 Å². The van der Waals surface area contributed by atoms with E-state index in [4.69, 9.17) is 0 Å². The number of aromatic nitrogens is 1. The fourth-order valence-corrected chi connectivity index (χ4v) is 1.23. The molecule has 0 aromatic carbocycles. The summed E-state index contributed by atoms with van der Waals surface area (Å²) < 4.78 is 0. The molecule has 0 atom stereocenters. The Morgan fingerprint density at radius 1 is 1.07 bits per heavy atom. The highest BCUT2D eigenvalue weighted by Crippen LogP contribution is 2.16. The molecule has 1 heterocycles. The Kier molecular flexibility index (Phi) is 2.07. The van der Waals surface area contributed by atoms with Crippen molar-refractivity contribution in [3.8, 4) is 0 Å². The largest absolute Gasteiger partial charge is 0.290 e. The Bertz CT molecular complexity index is 444. The molecule has 0 saturated carbocycles. The van der Waals surface area contributed by atoms with Gasteiger partial charge in [0.1, 0.15) is 0 Å². The quantitative estimate of drug-likeness (QED) is 0.617. The van der Waals surface area contributed by atoms with E-state index in [9.17, 15) is 9.59 Å². The van der Waals surface area contributed by atoms with E-state index in [0.717, 1.165) is 0 Å². The van der Waals surface area contributed by atoms with Crippen LogP contribution in [0.2, 0.25) is 0 Å². The second kappa shape index (κ2) is 3.38. The van der Waals surface area contributed by atoms with Crippen LogP contribution in [0.15, 0.2) is 42.6 Å². The molecule has 0 radical (unpaired) electrons.